The van der Waals surface area contributed by atoms with Crippen LogP contribution in [0.1, 0.15) is 236 Å². The topological polar surface area (TPSA) is 0 Å². The number of rotatable bonds is 10. The van der Waals surface area contributed by atoms with E-state index in [1.807, 2.05) is 0 Å². The largest absolute Gasteiger partial charge is 0.0587 e. The van der Waals surface area contributed by atoms with Crippen molar-refractivity contribution in [1.29, 1.82) is 0 Å². The van der Waals surface area contributed by atoms with Crippen LogP contribution in [-0.4, -0.2) is 0 Å². The quantitative estimate of drug-likeness (QED) is 0.0949. The maximum Gasteiger partial charge on any atom is 0.0352 e. The van der Waals surface area contributed by atoms with E-state index in [1.54, 1.807) is 0 Å². The molecule has 7 aromatic rings. The van der Waals surface area contributed by atoms with E-state index >= 15 is 0 Å². The molecule has 0 bridgehead atoms. The Kier molecular flexibility index (Phi) is 13.3. The van der Waals surface area contributed by atoms with Gasteiger partial charge < -0.3 is 0 Å². The van der Waals surface area contributed by atoms with E-state index in [1.165, 1.54) is 153 Å². The Labute approximate surface area is 399 Å². The van der Waals surface area contributed by atoms with Gasteiger partial charge in [-0.15, -0.1) is 0 Å². The molecular weight excluding hydrogens is 793 g/mol. The SMILES string of the molecule is CC(C)c1ccc(C(c2ccc(C(C)(C)C)cc2)c2c3ccc(C4CCCCC4)cc3c(C(c3ccc(C(C)C)cc3)c3ccc(C(C)(C)C)cc3)c3ccc(C4CCCCC4)cc23)cc1. The van der Waals surface area contributed by atoms with Crippen LogP contribution >= 0.6 is 0 Å². The Morgan fingerprint density at radius 3 is 0.909 bits per heavy atom. The molecule has 0 N–H and O–H groups in total. The molecule has 0 aliphatic heterocycles. The molecular formula is C66H78. The number of hydrogen-bond acceptors (Lipinski definition) is 0. The second-order valence-electron chi connectivity index (χ2n) is 23.4. The third-order valence-corrected chi connectivity index (χ3v) is 16.1. The van der Waals surface area contributed by atoms with Crippen LogP contribution in [0.4, 0.5) is 0 Å². The maximum absolute atomic E-state index is 2.69. The van der Waals surface area contributed by atoms with Crippen LogP contribution in [0.3, 0.4) is 0 Å². The van der Waals surface area contributed by atoms with Crippen molar-refractivity contribution >= 4 is 21.5 Å². The zero-order chi connectivity index (χ0) is 46.3. The zero-order valence-electron chi connectivity index (χ0n) is 42.2. The minimum absolute atomic E-state index is 0.0521. The Balaban J connectivity index is 1.42. The lowest BCUT2D eigenvalue weighted by Crippen LogP contribution is -2.14. The average molecular weight is 871 g/mol. The second kappa shape index (κ2) is 19.0. The highest BCUT2D eigenvalue weighted by atomic mass is 14.3. The van der Waals surface area contributed by atoms with Gasteiger partial charge in [-0.1, -0.05) is 241 Å². The molecule has 66 heavy (non-hydrogen) atoms. The van der Waals surface area contributed by atoms with E-state index in [4.69, 9.17) is 0 Å². The number of fused-ring (bicyclic) bond motifs is 2. The molecule has 2 aliphatic rings. The lowest BCUT2D eigenvalue weighted by atomic mass is 9.72. The zero-order valence-corrected chi connectivity index (χ0v) is 42.2. The lowest BCUT2D eigenvalue weighted by molar-refractivity contribution is 0.444. The lowest BCUT2D eigenvalue weighted by Gasteiger charge is -2.31. The summed E-state index contributed by atoms with van der Waals surface area (Å²) in [6.45, 7) is 23.3. The van der Waals surface area contributed by atoms with Crippen LogP contribution in [0.15, 0.2) is 133 Å². The molecule has 0 amide bonds. The Morgan fingerprint density at radius 2 is 0.621 bits per heavy atom. The molecule has 0 saturated heterocycles. The summed E-state index contributed by atoms with van der Waals surface area (Å²) >= 11 is 0. The fourth-order valence-corrected chi connectivity index (χ4v) is 11.9. The molecule has 7 aromatic carbocycles. The van der Waals surface area contributed by atoms with Crippen molar-refractivity contribution < 1.29 is 0 Å². The number of hydrogen-bond donors (Lipinski definition) is 0. The fourth-order valence-electron chi connectivity index (χ4n) is 11.9. The summed E-state index contributed by atoms with van der Waals surface area (Å²) in [7, 11) is 0. The molecule has 2 fully saturated rings. The summed E-state index contributed by atoms with van der Waals surface area (Å²) in [5.41, 5.74) is 17.2. The van der Waals surface area contributed by atoms with Crippen molar-refractivity contribution in [3.63, 3.8) is 0 Å². The summed E-state index contributed by atoms with van der Waals surface area (Å²) in [6, 6.07) is 54.6. The summed E-state index contributed by atoms with van der Waals surface area (Å²) in [4.78, 5) is 0. The van der Waals surface area contributed by atoms with Crippen LogP contribution in [0.2, 0.25) is 0 Å². The molecule has 0 heterocycles. The first kappa shape index (κ1) is 46.2. The summed E-state index contributed by atoms with van der Waals surface area (Å²) in [6.07, 6.45) is 13.2. The van der Waals surface area contributed by atoms with Crippen molar-refractivity contribution in [2.75, 3.05) is 0 Å². The Hall–Kier alpha value is -4.94. The Bertz CT molecular complexity index is 2540. The summed E-state index contributed by atoms with van der Waals surface area (Å²) in [5, 5.41) is 5.68. The van der Waals surface area contributed by atoms with E-state index in [0.29, 0.717) is 23.7 Å². The van der Waals surface area contributed by atoms with Gasteiger partial charge in [0.1, 0.15) is 0 Å². The molecule has 342 valence electrons. The van der Waals surface area contributed by atoms with Gasteiger partial charge in [-0.3, -0.25) is 0 Å². The van der Waals surface area contributed by atoms with E-state index in [2.05, 4.69) is 203 Å². The van der Waals surface area contributed by atoms with Crippen LogP contribution in [0.25, 0.3) is 21.5 Å². The van der Waals surface area contributed by atoms with Gasteiger partial charge in [0.15, 0.2) is 0 Å². The van der Waals surface area contributed by atoms with Gasteiger partial charge in [0.05, 0.1) is 0 Å². The molecule has 0 nitrogen and oxygen atoms in total. The Morgan fingerprint density at radius 1 is 0.333 bits per heavy atom. The number of benzene rings is 7. The normalized spacial score (nSPS) is 16.7. The first-order chi connectivity index (χ1) is 31.7. The van der Waals surface area contributed by atoms with E-state index in [9.17, 15) is 0 Å². The average Bonchev–Trinajstić information content (AvgIpc) is 3.32. The van der Waals surface area contributed by atoms with Gasteiger partial charge in [-0.2, -0.15) is 0 Å². The molecule has 2 saturated carbocycles. The first-order valence-corrected chi connectivity index (χ1v) is 26.1. The molecule has 0 radical (unpaired) electrons. The van der Waals surface area contributed by atoms with Crippen molar-refractivity contribution in [3.05, 3.63) is 200 Å². The van der Waals surface area contributed by atoms with Gasteiger partial charge >= 0.3 is 0 Å². The second-order valence-corrected chi connectivity index (χ2v) is 23.4. The monoisotopic (exact) mass is 871 g/mol. The highest BCUT2D eigenvalue weighted by Crippen LogP contribution is 2.50. The summed E-state index contributed by atoms with van der Waals surface area (Å²) < 4.78 is 0. The first-order valence-electron chi connectivity index (χ1n) is 26.1. The molecule has 0 aromatic heterocycles. The maximum atomic E-state index is 2.69. The van der Waals surface area contributed by atoms with Crippen molar-refractivity contribution in [2.24, 2.45) is 0 Å². The van der Waals surface area contributed by atoms with E-state index in [-0.39, 0.29) is 22.7 Å². The molecule has 0 spiro atoms. The van der Waals surface area contributed by atoms with E-state index in [0.717, 1.165) is 0 Å². The molecule has 2 atom stereocenters. The highest BCUT2D eigenvalue weighted by molar-refractivity contribution is 6.08. The standard InChI is InChI=1S/C66H78/c1-43(2)45-21-25-49(26-22-45)61(51-29-35-55(36-30-51)65(5,6)7)63-57-39-33-54(48-19-15-12-16-20-48)42-60(57)64(58-40-34-53(41-59(58)63)47-17-13-11-14-18-47)62(50-27-23-46(24-28-50)44(3)4)52-31-37-56(38-32-52)66(8,9)10/h21-44,47-48,61-62H,11-20H2,1-10H3. The van der Waals surface area contributed by atoms with Crippen LogP contribution < -0.4 is 0 Å². The summed E-state index contributed by atoms with van der Waals surface area (Å²) in [5.74, 6) is 2.26. The van der Waals surface area contributed by atoms with Gasteiger partial charge in [0.25, 0.3) is 0 Å². The van der Waals surface area contributed by atoms with E-state index < -0.39 is 0 Å². The molecule has 9 rings (SSSR count). The van der Waals surface area contributed by atoms with Gasteiger partial charge in [-0.05, 0) is 148 Å². The minimum atomic E-state index is 0.0521. The van der Waals surface area contributed by atoms with Crippen LogP contribution in [0.5, 0.6) is 0 Å². The predicted octanol–water partition coefficient (Wildman–Crippen LogP) is 19.3. The third kappa shape index (κ3) is 9.46. The van der Waals surface area contributed by atoms with Crippen molar-refractivity contribution in [3.8, 4) is 0 Å². The van der Waals surface area contributed by atoms with Crippen LogP contribution in [-0.2, 0) is 10.8 Å². The minimum Gasteiger partial charge on any atom is -0.0587 e. The van der Waals surface area contributed by atoms with Gasteiger partial charge in [-0.25, -0.2) is 0 Å². The van der Waals surface area contributed by atoms with Gasteiger partial charge in [0, 0.05) is 11.8 Å². The third-order valence-electron chi connectivity index (χ3n) is 16.1. The smallest absolute Gasteiger partial charge is 0.0352 e. The van der Waals surface area contributed by atoms with Crippen molar-refractivity contribution in [1.82, 2.24) is 0 Å². The van der Waals surface area contributed by atoms with Gasteiger partial charge in [0.2, 0.25) is 0 Å². The predicted molar refractivity (Wildman–Crippen MR) is 286 cm³/mol. The molecule has 2 unspecified atom stereocenters. The van der Waals surface area contributed by atoms with Crippen molar-refractivity contribution in [2.45, 2.75) is 180 Å². The highest BCUT2D eigenvalue weighted by Gasteiger charge is 2.31. The van der Waals surface area contributed by atoms with Crippen LogP contribution in [0, 0.1) is 0 Å². The molecule has 2 aliphatic carbocycles. The molecule has 0 heteroatoms. The fraction of sp³-hybridized carbons (Fsp3) is 0.424.